The van der Waals surface area contributed by atoms with Crippen molar-refractivity contribution >= 4 is 16.0 Å². The third kappa shape index (κ3) is 6.84. The minimum absolute atomic E-state index is 0.0122. The monoisotopic (exact) mass is 560 g/mol. The maximum atomic E-state index is 12.9. The zero-order valence-corrected chi connectivity index (χ0v) is 24.5. The average Bonchev–Trinajstić information content (AvgIpc) is 3.38. The van der Waals surface area contributed by atoms with E-state index in [-0.39, 0.29) is 22.1 Å². The number of aliphatic carboxylic acids is 1. The fourth-order valence-electron chi connectivity index (χ4n) is 4.25. The van der Waals surface area contributed by atoms with Crippen molar-refractivity contribution in [2.24, 2.45) is 0 Å². The molecule has 0 radical (unpaired) electrons. The van der Waals surface area contributed by atoms with Crippen LogP contribution in [0.5, 0.6) is 0 Å². The molecule has 0 aliphatic heterocycles. The summed E-state index contributed by atoms with van der Waals surface area (Å²) >= 11 is 0. The van der Waals surface area contributed by atoms with E-state index in [1.807, 2.05) is 51.2 Å². The first-order chi connectivity index (χ1) is 18.6. The summed E-state index contributed by atoms with van der Waals surface area (Å²) in [4.78, 5) is 12.0. The smallest absolute Gasteiger partial charge is 0.322 e. The van der Waals surface area contributed by atoms with Gasteiger partial charge >= 0.3 is 5.97 Å². The van der Waals surface area contributed by atoms with Crippen LogP contribution in [0.25, 0.3) is 16.9 Å². The van der Waals surface area contributed by atoms with E-state index in [2.05, 4.69) is 47.9 Å². The van der Waals surface area contributed by atoms with Crippen LogP contribution in [0, 0.1) is 0 Å². The van der Waals surface area contributed by atoms with Gasteiger partial charge in [-0.15, -0.1) is 5.10 Å². The lowest BCUT2D eigenvalue weighted by Crippen LogP contribution is -2.42. The highest BCUT2D eigenvalue weighted by Gasteiger charge is 2.26. The average molecular weight is 561 g/mol. The second kappa shape index (κ2) is 11.0. The molecule has 210 valence electrons. The predicted octanol–water partition coefficient (Wildman–Crippen LogP) is 5.50. The predicted molar refractivity (Wildman–Crippen MR) is 156 cm³/mol. The zero-order valence-electron chi connectivity index (χ0n) is 23.7. The van der Waals surface area contributed by atoms with E-state index in [0.29, 0.717) is 11.3 Å². The molecule has 0 amide bonds. The number of nitrogens with one attached hydrogen (secondary N) is 1. The highest BCUT2D eigenvalue weighted by molar-refractivity contribution is 7.89. The third-order valence-electron chi connectivity index (χ3n) is 6.81. The first-order valence-corrected chi connectivity index (χ1v) is 14.6. The number of carboxylic acid groups (broad SMARTS) is 1. The van der Waals surface area contributed by atoms with Crippen LogP contribution in [-0.4, -0.2) is 40.5 Å². The fourth-order valence-corrected chi connectivity index (χ4v) is 5.44. The molecule has 0 aliphatic rings. The molecular weight excluding hydrogens is 524 g/mol. The highest BCUT2D eigenvalue weighted by Crippen LogP contribution is 2.25. The number of rotatable bonds is 8. The van der Waals surface area contributed by atoms with E-state index in [0.717, 1.165) is 16.8 Å². The minimum Gasteiger partial charge on any atom is -0.480 e. The van der Waals surface area contributed by atoms with Gasteiger partial charge < -0.3 is 5.11 Å². The van der Waals surface area contributed by atoms with Gasteiger partial charge in [0.25, 0.3) is 0 Å². The molecule has 1 aromatic heterocycles. The molecular formula is C31H36N4O4S. The van der Waals surface area contributed by atoms with E-state index >= 15 is 0 Å². The van der Waals surface area contributed by atoms with Crippen molar-refractivity contribution in [1.82, 2.24) is 19.7 Å². The van der Waals surface area contributed by atoms with Gasteiger partial charge in [0.2, 0.25) is 10.0 Å². The summed E-state index contributed by atoms with van der Waals surface area (Å²) in [5.74, 6) is -1.25. The molecule has 2 N–H and O–H groups in total. The van der Waals surface area contributed by atoms with Crippen LogP contribution >= 0.6 is 0 Å². The Balaban J connectivity index is 1.46. The largest absolute Gasteiger partial charge is 0.480 e. The van der Waals surface area contributed by atoms with Crippen molar-refractivity contribution in [3.63, 3.8) is 0 Å². The molecule has 1 unspecified atom stereocenters. The van der Waals surface area contributed by atoms with Crippen molar-refractivity contribution in [2.75, 3.05) is 0 Å². The summed E-state index contributed by atoms with van der Waals surface area (Å²) in [7, 11) is -4.02. The number of carboxylic acids is 1. The van der Waals surface area contributed by atoms with Crippen LogP contribution in [0.4, 0.5) is 0 Å². The van der Waals surface area contributed by atoms with Crippen molar-refractivity contribution in [3.8, 4) is 16.9 Å². The zero-order chi connectivity index (χ0) is 29.3. The minimum atomic E-state index is -4.02. The van der Waals surface area contributed by atoms with Crippen molar-refractivity contribution in [3.05, 3.63) is 95.7 Å². The Labute approximate surface area is 236 Å². The number of nitrogens with zero attached hydrogens (tertiary/aromatic N) is 3. The molecule has 4 aromatic rings. The van der Waals surface area contributed by atoms with Crippen LogP contribution in [0.2, 0.25) is 0 Å². The summed E-state index contributed by atoms with van der Waals surface area (Å²) < 4.78 is 29.9. The van der Waals surface area contributed by atoms with Gasteiger partial charge in [-0.25, -0.2) is 13.1 Å². The quantitative estimate of drug-likeness (QED) is 0.294. The van der Waals surface area contributed by atoms with Gasteiger partial charge in [-0.3, -0.25) is 4.79 Å². The van der Waals surface area contributed by atoms with Gasteiger partial charge in [-0.05, 0) is 58.2 Å². The molecule has 40 heavy (non-hydrogen) atoms. The number of benzene rings is 3. The van der Waals surface area contributed by atoms with Crippen LogP contribution in [-0.2, 0) is 32.1 Å². The van der Waals surface area contributed by atoms with Gasteiger partial charge in [-0.1, -0.05) is 95.3 Å². The Bertz CT molecular complexity index is 1580. The second-order valence-electron chi connectivity index (χ2n) is 12.0. The van der Waals surface area contributed by atoms with Crippen molar-refractivity contribution in [2.45, 2.75) is 69.7 Å². The lowest BCUT2D eigenvalue weighted by atomic mass is 9.87. The standard InChI is InChI=1S/C31H36N4O4S/c1-30(2,3)23-11-15-25(16-12-23)35-20-28(32-34-35)22-9-7-21(8-10-22)19-27(29(36)37)33-40(38,39)26-17-13-24(14-18-26)31(4,5)6/h7-18,20,27,33H,19H2,1-6H3,(H,36,37). The van der Waals surface area contributed by atoms with Gasteiger partial charge in [0.1, 0.15) is 11.7 Å². The maximum absolute atomic E-state index is 12.9. The number of carbonyl (C=O) groups is 1. The molecule has 0 aliphatic carbocycles. The van der Waals surface area contributed by atoms with Gasteiger partial charge in [0.05, 0.1) is 16.8 Å². The molecule has 8 nitrogen and oxygen atoms in total. The summed E-state index contributed by atoms with van der Waals surface area (Å²) in [6.45, 7) is 12.6. The first kappa shape index (κ1) is 29.2. The van der Waals surface area contributed by atoms with E-state index < -0.39 is 22.0 Å². The third-order valence-corrected chi connectivity index (χ3v) is 8.29. The van der Waals surface area contributed by atoms with E-state index in [4.69, 9.17) is 0 Å². The molecule has 0 saturated carbocycles. The Morgan fingerprint density at radius 3 is 1.88 bits per heavy atom. The Morgan fingerprint density at radius 2 is 1.38 bits per heavy atom. The topological polar surface area (TPSA) is 114 Å². The lowest BCUT2D eigenvalue weighted by molar-refractivity contribution is -0.138. The van der Waals surface area contributed by atoms with Gasteiger partial charge in [0.15, 0.2) is 0 Å². The number of aromatic nitrogens is 3. The molecule has 0 bridgehead atoms. The molecule has 9 heteroatoms. The van der Waals surface area contributed by atoms with Crippen LogP contribution in [0.3, 0.4) is 0 Å². The molecule has 4 rings (SSSR count). The normalized spacial score (nSPS) is 13.2. The molecule has 0 fully saturated rings. The number of hydrogen-bond acceptors (Lipinski definition) is 5. The maximum Gasteiger partial charge on any atom is 0.322 e. The molecule has 0 spiro atoms. The van der Waals surface area contributed by atoms with Crippen LogP contribution < -0.4 is 4.72 Å². The van der Waals surface area contributed by atoms with E-state index in [1.165, 1.54) is 17.7 Å². The van der Waals surface area contributed by atoms with Gasteiger partial charge in [0, 0.05) is 5.56 Å². The summed E-state index contributed by atoms with van der Waals surface area (Å²) in [6.07, 6.45) is 1.82. The second-order valence-corrected chi connectivity index (χ2v) is 13.7. The summed E-state index contributed by atoms with van der Waals surface area (Å²) in [5.41, 5.74) is 5.20. The Hall–Kier alpha value is -3.82. The molecule has 3 aromatic carbocycles. The molecule has 1 atom stereocenters. The van der Waals surface area contributed by atoms with Crippen LogP contribution in [0.15, 0.2) is 83.9 Å². The summed E-state index contributed by atoms with van der Waals surface area (Å²) in [6, 6.07) is 20.6. The Morgan fingerprint density at radius 1 is 0.850 bits per heavy atom. The fraction of sp³-hybridized carbons (Fsp3) is 0.323. The highest BCUT2D eigenvalue weighted by atomic mass is 32.2. The molecule has 0 saturated heterocycles. The van der Waals surface area contributed by atoms with Crippen molar-refractivity contribution in [1.29, 1.82) is 0 Å². The number of hydrogen-bond donors (Lipinski definition) is 2. The lowest BCUT2D eigenvalue weighted by Gasteiger charge is -2.20. The SMILES string of the molecule is CC(C)(C)c1ccc(-n2cc(-c3ccc(CC(NS(=O)(=O)c4ccc(C(C)(C)C)cc4)C(=O)O)cc3)nn2)cc1. The number of sulfonamides is 1. The summed E-state index contributed by atoms with van der Waals surface area (Å²) in [5, 5.41) is 18.3. The van der Waals surface area contributed by atoms with E-state index in [1.54, 1.807) is 28.9 Å². The van der Waals surface area contributed by atoms with Crippen LogP contribution in [0.1, 0.15) is 58.2 Å². The van der Waals surface area contributed by atoms with Crippen molar-refractivity contribution < 1.29 is 18.3 Å². The van der Waals surface area contributed by atoms with E-state index in [9.17, 15) is 18.3 Å². The van der Waals surface area contributed by atoms with Gasteiger partial charge in [-0.2, -0.15) is 4.72 Å². The molecule has 1 heterocycles. The first-order valence-electron chi connectivity index (χ1n) is 13.1. The Kier molecular flexibility index (Phi) is 8.01.